The van der Waals surface area contributed by atoms with Crippen molar-refractivity contribution in [2.24, 2.45) is 5.92 Å². The van der Waals surface area contributed by atoms with Crippen molar-refractivity contribution in [3.05, 3.63) is 23.9 Å². The van der Waals surface area contributed by atoms with E-state index in [1.165, 1.54) is 12.8 Å². The van der Waals surface area contributed by atoms with Crippen LogP contribution in [0, 0.1) is 12.8 Å². The molecule has 1 saturated heterocycles. The molecule has 1 amide bonds. The molecule has 1 aliphatic carbocycles. The lowest BCUT2D eigenvalue weighted by Gasteiger charge is -2.21. The summed E-state index contributed by atoms with van der Waals surface area (Å²) in [6.45, 7) is 1.92. The topological polar surface area (TPSA) is 54.0 Å². The van der Waals surface area contributed by atoms with E-state index in [2.05, 4.69) is 15.6 Å². The number of nitrogens with one attached hydrogen (secondary N) is 2. The van der Waals surface area contributed by atoms with Gasteiger partial charge in [0.25, 0.3) is 0 Å². The van der Waals surface area contributed by atoms with Gasteiger partial charge in [0.15, 0.2) is 0 Å². The van der Waals surface area contributed by atoms with Crippen LogP contribution in [-0.4, -0.2) is 23.0 Å². The van der Waals surface area contributed by atoms with Gasteiger partial charge in [0.05, 0.1) is 6.04 Å². The Morgan fingerprint density at radius 1 is 1.44 bits per heavy atom. The van der Waals surface area contributed by atoms with E-state index in [1.807, 2.05) is 25.1 Å². The van der Waals surface area contributed by atoms with Gasteiger partial charge in [0.2, 0.25) is 5.91 Å². The van der Waals surface area contributed by atoms with Crippen molar-refractivity contribution >= 4 is 24.1 Å². The monoisotopic (exact) mass is 267 g/mol. The zero-order valence-electron chi connectivity index (χ0n) is 10.3. The Labute approximate surface area is 113 Å². The van der Waals surface area contributed by atoms with Gasteiger partial charge in [-0.15, -0.1) is 12.4 Å². The maximum Gasteiger partial charge on any atom is 0.242 e. The molecule has 0 radical (unpaired) electrons. The van der Waals surface area contributed by atoms with Gasteiger partial charge in [-0.25, -0.2) is 4.98 Å². The number of hydrogen-bond donors (Lipinski definition) is 2. The summed E-state index contributed by atoms with van der Waals surface area (Å²) in [5, 5.41) is 6.28. The fraction of sp³-hybridized carbons (Fsp3) is 0.538. The molecule has 1 aromatic heterocycles. The van der Waals surface area contributed by atoms with Gasteiger partial charge in [-0.3, -0.25) is 4.79 Å². The summed E-state index contributed by atoms with van der Waals surface area (Å²) >= 11 is 0. The Morgan fingerprint density at radius 3 is 2.89 bits per heavy atom. The number of rotatable bonds is 2. The summed E-state index contributed by atoms with van der Waals surface area (Å²) in [5.74, 6) is 1.24. The molecule has 2 N–H and O–H groups in total. The molecule has 3 atom stereocenters. The molecule has 4 nitrogen and oxygen atoms in total. The van der Waals surface area contributed by atoms with Crippen molar-refractivity contribution in [3.8, 4) is 0 Å². The molecule has 1 saturated carbocycles. The minimum atomic E-state index is -0.0175. The third-order valence-corrected chi connectivity index (χ3v) is 3.78. The van der Waals surface area contributed by atoms with E-state index in [1.54, 1.807) is 0 Å². The lowest BCUT2D eigenvalue weighted by Crippen LogP contribution is -2.44. The van der Waals surface area contributed by atoms with Crippen molar-refractivity contribution in [3.63, 3.8) is 0 Å². The number of pyridine rings is 1. The molecule has 2 aliphatic rings. The van der Waals surface area contributed by atoms with Gasteiger partial charge in [-0.05, 0) is 44.2 Å². The van der Waals surface area contributed by atoms with Crippen molar-refractivity contribution in [2.45, 2.75) is 38.3 Å². The van der Waals surface area contributed by atoms with E-state index in [0.29, 0.717) is 17.8 Å². The van der Waals surface area contributed by atoms with Gasteiger partial charge in [-0.2, -0.15) is 0 Å². The molecule has 2 bridgehead atoms. The van der Waals surface area contributed by atoms with Crippen LogP contribution in [0.4, 0.5) is 5.82 Å². The minimum Gasteiger partial charge on any atom is -0.309 e. The number of halogens is 1. The molecule has 2 fully saturated rings. The van der Waals surface area contributed by atoms with Crippen LogP contribution in [0.1, 0.15) is 25.0 Å². The summed E-state index contributed by atoms with van der Waals surface area (Å²) in [6, 6.07) is 6.20. The van der Waals surface area contributed by atoms with Crippen LogP contribution in [-0.2, 0) is 4.79 Å². The van der Waals surface area contributed by atoms with Crippen LogP contribution in [0.2, 0.25) is 0 Å². The summed E-state index contributed by atoms with van der Waals surface area (Å²) < 4.78 is 0. The van der Waals surface area contributed by atoms with E-state index < -0.39 is 0 Å². The lowest BCUT2D eigenvalue weighted by atomic mass is 9.99. The first-order valence-corrected chi connectivity index (χ1v) is 6.23. The van der Waals surface area contributed by atoms with Crippen LogP contribution in [0.3, 0.4) is 0 Å². The van der Waals surface area contributed by atoms with Crippen molar-refractivity contribution in [2.75, 3.05) is 5.32 Å². The van der Waals surface area contributed by atoms with Crippen molar-refractivity contribution in [1.29, 1.82) is 0 Å². The molecule has 5 heteroatoms. The quantitative estimate of drug-likeness (QED) is 0.860. The highest BCUT2D eigenvalue weighted by Crippen LogP contribution is 2.35. The van der Waals surface area contributed by atoms with E-state index in [-0.39, 0.29) is 24.4 Å². The van der Waals surface area contributed by atoms with Crippen molar-refractivity contribution in [1.82, 2.24) is 10.3 Å². The summed E-state index contributed by atoms with van der Waals surface area (Å²) in [7, 11) is 0. The predicted octanol–water partition coefficient (Wildman–Crippen LogP) is 1.89. The van der Waals surface area contributed by atoms with Crippen LogP contribution in [0.5, 0.6) is 0 Å². The first kappa shape index (κ1) is 13.3. The Balaban J connectivity index is 0.00000120. The number of nitrogens with zero attached hydrogens (tertiary/aromatic N) is 1. The van der Waals surface area contributed by atoms with Gasteiger partial charge in [-0.1, -0.05) is 6.07 Å². The third-order valence-electron chi connectivity index (χ3n) is 3.78. The molecule has 1 aliphatic heterocycles. The molecule has 0 aromatic carbocycles. The Hall–Kier alpha value is -1.13. The number of anilines is 1. The van der Waals surface area contributed by atoms with Crippen LogP contribution >= 0.6 is 12.4 Å². The summed E-state index contributed by atoms with van der Waals surface area (Å²) in [6.07, 6.45) is 3.55. The number of aryl methyl sites for hydroxylation is 1. The molecule has 18 heavy (non-hydrogen) atoms. The smallest absolute Gasteiger partial charge is 0.242 e. The molecular weight excluding hydrogens is 250 g/mol. The molecule has 1 unspecified atom stereocenters. The first-order chi connectivity index (χ1) is 8.22. The van der Waals surface area contributed by atoms with Gasteiger partial charge in [0, 0.05) is 11.7 Å². The fourth-order valence-electron chi connectivity index (χ4n) is 2.97. The Kier molecular flexibility index (Phi) is 3.88. The number of fused-ring (bicyclic) bond motifs is 2. The number of piperidine rings is 1. The third kappa shape index (κ3) is 2.49. The SMILES string of the molecule is Cc1cccc(NC(=O)[C@H]2NC3CC[C@H]2C3)n1.Cl. The number of amides is 1. The van der Waals surface area contributed by atoms with Gasteiger partial charge >= 0.3 is 0 Å². The number of carbonyl (C=O) groups excluding carboxylic acids is 1. The highest BCUT2D eigenvalue weighted by Gasteiger charge is 2.42. The standard InChI is InChI=1S/C13H17N3O.ClH/c1-8-3-2-4-11(14-8)16-13(17)12-9-5-6-10(7-9)15-12;/h2-4,9-10,12,15H,5-7H2,1H3,(H,14,16,17);1H/t9-,10?,12-;/m0./s1. The summed E-state index contributed by atoms with van der Waals surface area (Å²) in [4.78, 5) is 16.4. The molecular formula is C13H18ClN3O. The van der Waals surface area contributed by atoms with E-state index >= 15 is 0 Å². The van der Waals surface area contributed by atoms with Crippen LogP contribution in [0.25, 0.3) is 0 Å². The van der Waals surface area contributed by atoms with E-state index in [9.17, 15) is 4.79 Å². The number of aromatic nitrogens is 1. The largest absolute Gasteiger partial charge is 0.309 e. The second-order valence-corrected chi connectivity index (χ2v) is 5.07. The molecule has 1 aromatic rings. The number of hydrogen-bond acceptors (Lipinski definition) is 3. The molecule has 2 heterocycles. The van der Waals surface area contributed by atoms with Crippen LogP contribution < -0.4 is 10.6 Å². The predicted molar refractivity (Wildman–Crippen MR) is 72.9 cm³/mol. The van der Waals surface area contributed by atoms with Crippen molar-refractivity contribution < 1.29 is 4.79 Å². The first-order valence-electron chi connectivity index (χ1n) is 6.23. The average molecular weight is 268 g/mol. The zero-order valence-corrected chi connectivity index (χ0v) is 11.2. The lowest BCUT2D eigenvalue weighted by molar-refractivity contribution is -0.119. The maximum atomic E-state index is 12.1. The maximum absolute atomic E-state index is 12.1. The van der Waals surface area contributed by atoms with Gasteiger partial charge < -0.3 is 10.6 Å². The average Bonchev–Trinajstić information content (AvgIpc) is 2.90. The zero-order chi connectivity index (χ0) is 11.8. The normalized spacial score (nSPS) is 28.8. The molecule has 3 rings (SSSR count). The van der Waals surface area contributed by atoms with E-state index in [4.69, 9.17) is 0 Å². The summed E-state index contributed by atoms with van der Waals surface area (Å²) in [5.41, 5.74) is 0.920. The molecule has 0 spiro atoms. The highest BCUT2D eigenvalue weighted by atomic mass is 35.5. The minimum absolute atomic E-state index is 0. The Morgan fingerprint density at radius 2 is 2.28 bits per heavy atom. The fourth-order valence-corrected chi connectivity index (χ4v) is 2.97. The Bertz CT molecular complexity index is 452. The van der Waals surface area contributed by atoms with E-state index in [0.717, 1.165) is 12.1 Å². The number of carbonyl (C=O) groups is 1. The van der Waals surface area contributed by atoms with Gasteiger partial charge in [0.1, 0.15) is 5.82 Å². The second kappa shape index (κ2) is 5.24. The van der Waals surface area contributed by atoms with Crippen LogP contribution in [0.15, 0.2) is 18.2 Å². The highest BCUT2D eigenvalue weighted by molar-refractivity contribution is 5.94. The molecule has 98 valence electrons. The second-order valence-electron chi connectivity index (χ2n) is 5.07.